The molecule has 3 N–H and O–H groups in total. The summed E-state index contributed by atoms with van der Waals surface area (Å²) in [6.07, 6.45) is 2.39. The number of piperidine rings is 2. The Labute approximate surface area is 253 Å². The molecule has 4 aromatic rings. The summed E-state index contributed by atoms with van der Waals surface area (Å²) in [5, 5.41) is 15.9. The summed E-state index contributed by atoms with van der Waals surface area (Å²) >= 11 is 0. The average Bonchev–Trinajstić information content (AvgIpc) is 3.61. The fourth-order valence-corrected chi connectivity index (χ4v) is 7.66. The number of carbonyl (C=O) groups is 1. The molecule has 2 fully saturated rings. The van der Waals surface area contributed by atoms with E-state index in [1.54, 1.807) is 0 Å². The van der Waals surface area contributed by atoms with Crippen molar-refractivity contribution in [1.82, 2.24) is 14.8 Å². The van der Waals surface area contributed by atoms with Gasteiger partial charge in [0, 0.05) is 54.7 Å². The van der Waals surface area contributed by atoms with Gasteiger partial charge in [0.25, 0.3) is 5.91 Å². The third-order valence-electron chi connectivity index (χ3n) is 10.3. The fourth-order valence-electron chi connectivity index (χ4n) is 7.66. The number of rotatable bonds is 6. The quantitative estimate of drug-likeness (QED) is 0.254. The van der Waals surface area contributed by atoms with Gasteiger partial charge in [0.05, 0.1) is 6.10 Å². The van der Waals surface area contributed by atoms with E-state index in [9.17, 15) is 9.90 Å². The molecular formula is C36H42N4O3. The van der Waals surface area contributed by atoms with E-state index in [2.05, 4.69) is 47.2 Å². The number of H-pyrrole nitrogens is 1. The van der Waals surface area contributed by atoms with Crippen LogP contribution in [0.4, 0.5) is 5.69 Å². The molecule has 7 rings (SSSR count). The van der Waals surface area contributed by atoms with Gasteiger partial charge in [-0.3, -0.25) is 4.79 Å². The van der Waals surface area contributed by atoms with Crippen molar-refractivity contribution in [2.24, 2.45) is 11.8 Å². The van der Waals surface area contributed by atoms with Crippen molar-refractivity contribution in [3.8, 4) is 11.5 Å². The summed E-state index contributed by atoms with van der Waals surface area (Å²) in [7, 11) is 0. The summed E-state index contributed by atoms with van der Waals surface area (Å²) in [6, 6.07) is 24.3. The number of fused-ring (bicyclic) bond motifs is 3. The molecule has 1 amide bonds. The molecule has 0 aliphatic carbocycles. The summed E-state index contributed by atoms with van der Waals surface area (Å²) < 4.78 is 5.97. The van der Waals surface area contributed by atoms with Crippen LogP contribution in [0.15, 0.2) is 72.8 Å². The summed E-state index contributed by atoms with van der Waals surface area (Å²) in [6.45, 7) is 9.59. The monoisotopic (exact) mass is 578 g/mol. The maximum Gasteiger partial charge on any atom is 0.270 e. The lowest BCUT2D eigenvalue weighted by molar-refractivity contribution is 0.0110. The second-order valence-electron chi connectivity index (χ2n) is 13.0. The number of aliphatic hydroxyl groups is 1. The molecule has 0 bridgehead atoms. The predicted octanol–water partition coefficient (Wildman–Crippen LogP) is 6.19. The zero-order valence-electron chi connectivity index (χ0n) is 25.2. The zero-order chi connectivity index (χ0) is 29.6. The van der Waals surface area contributed by atoms with Gasteiger partial charge in [0.1, 0.15) is 17.2 Å². The van der Waals surface area contributed by atoms with Crippen LogP contribution in [-0.4, -0.2) is 71.2 Å². The molecule has 3 aliphatic heterocycles. The zero-order valence-corrected chi connectivity index (χ0v) is 25.2. The molecule has 1 spiro atoms. The topological polar surface area (TPSA) is 80.8 Å². The highest BCUT2D eigenvalue weighted by Crippen LogP contribution is 2.47. The van der Waals surface area contributed by atoms with Crippen LogP contribution in [-0.2, 0) is 5.41 Å². The molecule has 2 saturated heterocycles. The Hall–Kier alpha value is -3.81. The number of hydrogen-bond acceptors (Lipinski definition) is 5. The van der Waals surface area contributed by atoms with Gasteiger partial charge < -0.3 is 29.9 Å². The minimum Gasteiger partial charge on any atom is -0.457 e. The van der Waals surface area contributed by atoms with Crippen LogP contribution in [0.25, 0.3) is 10.9 Å². The SMILES string of the molecule is Cc1ccc2c(c1)NC[C@]21CCN(CC(O)C2CCN(C(=O)c3cc4cc(Oc5ccccc5)ccc4[nH]3)CC2)CC1C. The minimum atomic E-state index is -0.369. The third-order valence-corrected chi connectivity index (χ3v) is 10.3. The number of aromatic amines is 1. The molecule has 3 aromatic carbocycles. The van der Waals surface area contributed by atoms with E-state index in [0.717, 1.165) is 61.3 Å². The first-order valence-corrected chi connectivity index (χ1v) is 15.8. The van der Waals surface area contributed by atoms with Gasteiger partial charge in [0.15, 0.2) is 0 Å². The Morgan fingerprint density at radius 3 is 2.63 bits per heavy atom. The number of nitrogens with one attached hydrogen (secondary N) is 2. The molecule has 7 heteroatoms. The van der Waals surface area contributed by atoms with Crippen LogP contribution in [0.2, 0.25) is 0 Å². The van der Waals surface area contributed by atoms with Crippen molar-refractivity contribution in [2.45, 2.75) is 44.6 Å². The number of amides is 1. The Kier molecular flexibility index (Phi) is 7.39. The number of nitrogens with zero attached hydrogens (tertiary/aromatic N) is 2. The largest absolute Gasteiger partial charge is 0.457 e. The van der Waals surface area contributed by atoms with E-state index in [4.69, 9.17) is 4.74 Å². The number of aliphatic hydroxyl groups excluding tert-OH is 1. The standard InChI is InChI=1S/C36H42N4O3/c1-24-8-10-30-32(18-24)37-23-36(30)14-17-39(21-25(36)2)22-34(41)26-12-15-40(16-13-26)35(42)33-20-27-19-29(9-11-31(27)38-33)43-28-6-4-3-5-7-28/h3-11,18-20,25-26,34,37-38,41H,12-17,21-23H2,1-2H3/t25?,34?,36-/m0/s1. The molecule has 0 saturated carbocycles. The average molecular weight is 579 g/mol. The number of benzene rings is 3. The summed E-state index contributed by atoms with van der Waals surface area (Å²) in [5.74, 6) is 2.27. The summed E-state index contributed by atoms with van der Waals surface area (Å²) in [4.78, 5) is 21.1. The molecule has 7 nitrogen and oxygen atoms in total. The van der Waals surface area contributed by atoms with E-state index < -0.39 is 0 Å². The number of carbonyl (C=O) groups excluding carboxylic acids is 1. The highest BCUT2D eigenvalue weighted by Gasteiger charge is 2.46. The van der Waals surface area contributed by atoms with E-state index in [1.807, 2.05) is 59.5 Å². The van der Waals surface area contributed by atoms with E-state index >= 15 is 0 Å². The van der Waals surface area contributed by atoms with Crippen LogP contribution in [0.3, 0.4) is 0 Å². The number of aryl methyl sites for hydroxylation is 1. The predicted molar refractivity (Wildman–Crippen MR) is 171 cm³/mol. The third kappa shape index (κ3) is 5.41. The van der Waals surface area contributed by atoms with Crippen LogP contribution in [0.1, 0.15) is 47.8 Å². The molecule has 0 radical (unpaired) electrons. The van der Waals surface area contributed by atoms with Crippen molar-refractivity contribution >= 4 is 22.5 Å². The second kappa shape index (κ2) is 11.4. The number of hydrogen-bond donors (Lipinski definition) is 3. The minimum absolute atomic E-state index is 0.0190. The van der Waals surface area contributed by atoms with Crippen LogP contribution < -0.4 is 10.1 Å². The highest BCUT2D eigenvalue weighted by molar-refractivity contribution is 5.98. The fraction of sp³-hybridized carbons (Fsp3) is 0.417. The first kappa shape index (κ1) is 28.0. The Bertz CT molecular complexity index is 1610. The molecule has 224 valence electrons. The van der Waals surface area contributed by atoms with E-state index in [-0.39, 0.29) is 23.3 Å². The first-order valence-electron chi connectivity index (χ1n) is 15.8. The van der Waals surface area contributed by atoms with Gasteiger partial charge in [-0.25, -0.2) is 0 Å². The smallest absolute Gasteiger partial charge is 0.270 e. The molecular weight excluding hydrogens is 536 g/mol. The van der Waals surface area contributed by atoms with Crippen LogP contribution in [0, 0.1) is 18.8 Å². The number of ether oxygens (including phenoxy) is 1. The van der Waals surface area contributed by atoms with Gasteiger partial charge in [0.2, 0.25) is 0 Å². The normalized spacial score (nSPS) is 23.3. The number of anilines is 1. The molecule has 3 atom stereocenters. The van der Waals surface area contributed by atoms with Crippen molar-refractivity contribution in [2.75, 3.05) is 44.6 Å². The van der Waals surface area contributed by atoms with Gasteiger partial charge >= 0.3 is 0 Å². The van der Waals surface area contributed by atoms with Gasteiger partial charge in [-0.2, -0.15) is 0 Å². The lowest BCUT2D eigenvalue weighted by Crippen LogP contribution is -2.52. The van der Waals surface area contributed by atoms with Gasteiger partial charge in [-0.05, 0) is 98.2 Å². The molecule has 4 heterocycles. The molecule has 2 unspecified atom stereocenters. The van der Waals surface area contributed by atoms with Crippen LogP contribution >= 0.6 is 0 Å². The maximum absolute atomic E-state index is 13.4. The van der Waals surface area contributed by atoms with Crippen molar-refractivity contribution in [1.29, 1.82) is 0 Å². The Morgan fingerprint density at radius 2 is 1.84 bits per heavy atom. The molecule has 3 aliphatic rings. The number of β-amino-alcohol motifs (C(OH)–C–C–N with tert-alkyl or cyclic N) is 1. The van der Waals surface area contributed by atoms with Crippen molar-refractivity contribution in [3.05, 3.63) is 89.6 Å². The van der Waals surface area contributed by atoms with Gasteiger partial charge in [-0.1, -0.05) is 37.3 Å². The Balaban J connectivity index is 0.924. The van der Waals surface area contributed by atoms with Crippen molar-refractivity contribution < 1.29 is 14.6 Å². The lowest BCUT2D eigenvalue weighted by atomic mass is 9.67. The van der Waals surface area contributed by atoms with Gasteiger partial charge in [-0.15, -0.1) is 0 Å². The first-order chi connectivity index (χ1) is 20.9. The Morgan fingerprint density at radius 1 is 1.02 bits per heavy atom. The van der Waals surface area contributed by atoms with E-state index in [0.29, 0.717) is 31.2 Å². The number of para-hydroxylation sites is 1. The number of likely N-dealkylation sites (tertiary alicyclic amines) is 2. The second-order valence-corrected chi connectivity index (χ2v) is 13.0. The lowest BCUT2D eigenvalue weighted by Gasteiger charge is -2.46. The molecule has 1 aromatic heterocycles. The number of aromatic nitrogens is 1. The van der Waals surface area contributed by atoms with Crippen LogP contribution in [0.5, 0.6) is 11.5 Å². The maximum atomic E-state index is 13.4. The highest BCUT2D eigenvalue weighted by atomic mass is 16.5. The van der Waals surface area contributed by atoms with E-state index in [1.165, 1.54) is 16.8 Å². The summed E-state index contributed by atoms with van der Waals surface area (Å²) in [5.41, 5.74) is 5.78. The molecule has 43 heavy (non-hydrogen) atoms. The van der Waals surface area contributed by atoms with Crippen molar-refractivity contribution in [3.63, 3.8) is 0 Å².